The number of carbonyl (C=O) groups excluding carboxylic acids is 1. The lowest BCUT2D eigenvalue weighted by molar-refractivity contribution is -0.118. The number of rotatable bonds is 11. The molecule has 0 aromatic heterocycles. The molecule has 1 heterocycles. The Labute approximate surface area is 220 Å². The lowest BCUT2D eigenvalue weighted by Crippen LogP contribution is -2.48. The number of ether oxygens (including phenoxy) is 4. The Morgan fingerprint density at radius 3 is 2.46 bits per heavy atom. The maximum absolute atomic E-state index is 11.9. The molecular weight excluding hydrogens is 468 g/mol. The van der Waals surface area contributed by atoms with E-state index in [1.165, 1.54) is 11.1 Å². The molecular formula is C30H38N2O5. The molecule has 0 spiro atoms. The van der Waals surface area contributed by atoms with E-state index in [0.29, 0.717) is 39.5 Å². The molecule has 0 saturated carbocycles. The summed E-state index contributed by atoms with van der Waals surface area (Å²) in [5.41, 5.74) is 4.48. The normalized spacial score (nSPS) is 13.1. The number of carbonyl (C=O) groups is 1. The van der Waals surface area contributed by atoms with Crippen molar-refractivity contribution in [3.8, 4) is 11.5 Å². The topological polar surface area (TPSA) is 69.3 Å². The Hall–Kier alpha value is -3.39. The third kappa shape index (κ3) is 9.53. The number of piperazine rings is 1. The first-order valence-corrected chi connectivity index (χ1v) is 12.6. The quantitative estimate of drug-likeness (QED) is 0.378. The van der Waals surface area contributed by atoms with Gasteiger partial charge >= 0.3 is 0 Å². The van der Waals surface area contributed by atoms with Crippen molar-refractivity contribution in [3.05, 3.63) is 89.5 Å². The molecule has 1 aliphatic heterocycles. The Kier molecular flexibility index (Phi) is 11.9. The number of anilines is 1. The van der Waals surface area contributed by atoms with E-state index in [1.807, 2.05) is 54.6 Å². The van der Waals surface area contributed by atoms with Crippen LogP contribution >= 0.6 is 0 Å². The molecule has 0 bridgehead atoms. The van der Waals surface area contributed by atoms with Gasteiger partial charge in [0.15, 0.2) is 0 Å². The summed E-state index contributed by atoms with van der Waals surface area (Å²) in [5, 5.41) is 3.07. The molecule has 0 radical (unpaired) electrons. The zero-order valence-corrected chi connectivity index (χ0v) is 22.1. The van der Waals surface area contributed by atoms with E-state index in [4.69, 9.17) is 18.9 Å². The van der Waals surface area contributed by atoms with Gasteiger partial charge in [0.05, 0.1) is 40.1 Å². The van der Waals surface area contributed by atoms with Crippen LogP contribution in [0.5, 0.6) is 11.5 Å². The lowest BCUT2D eigenvalue weighted by Gasteiger charge is -2.27. The molecule has 3 aromatic rings. The van der Waals surface area contributed by atoms with Crippen LogP contribution in [0, 0.1) is 6.92 Å². The number of hydrogen-bond donors (Lipinski definition) is 1. The first-order valence-electron chi connectivity index (χ1n) is 12.6. The van der Waals surface area contributed by atoms with Crippen LogP contribution in [0.25, 0.3) is 0 Å². The minimum absolute atomic E-state index is 0.0992. The Balaban J connectivity index is 0.000000319. The molecule has 4 rings (SSSR count). The van der Waals surface area contributed by atoms with Crippen LogP contribution in [0.1, 0.15) is 23.1 Å². The fourth-order valence-corrected chi connectivity index (χ4v) is 3.93. The highest BCUT2D eigenvalue weighted by atomic mass is 16.5. The zero-order chi connectivity index (χ0) is 26.3. The van der Waals surface area contributed by atoms with Gasteiger partial charge in [0.25, 0.3) is 0 Å². The number of nitrogens with zero attached hydrogens (tertiary/aromatic N) is 1. The number of hydrogen-bond acceptors (Lipinski definition) is 6. The van der Waals surface area contributed by atoms with Gasteiger partial charge in [0.2, 0.25) is 5.91 Å². The fourth-order valence-electron chi connectivity index (χ4n) is 3.93. The van der Waals surface area contributed by atoms with Gasteiger partial charge < -0.3 is 29.2 Å². The summed E-state index contributed by atoms with van der Waals surface area (Å²) in [4.78, 5) is 13.7. The van der Waals surface area contributed by atoms with E-state index >= 15 is 0 Å². The van der Waals surface area contributed by atoms with Crippen molar-refractivity contribution in [2.24, 2.45) is 0 Å². The number of amides is 1. The van der Waals surface area contributed by atoms with E-state index in [9.17, 15) is 4.79 Å². The minimum atomic E-state index is 0.0992. The smallest absolute Gasteiger partial charge is 0.240 e. The maximum atomic E-state index is 11.9. The molecule has 7 nitrogen and oxygen atoms in total. The number of methoxy groups -OCH3 is 2. The van der Waals surface area contributed by atoms with Crippen LogP contribution in [0.3, 0.4) is 0 Å². The summed E-state index contributed by atoms with van der Waals surface area (Å²) in [6.07, 6.45) is 0.799. The molecule has 1 aliphatic rings. The van der Waals surface area contributed by atoms with Crippen molar-refractivity contribution in [1.82, 2.24) is 5.32 Å². The predicted octanol–water partition coefficient (Wildman–Crippen LogP) is 4.76. The maximum Gasteiger partial charge on any atom is 0.240 e. The highest BCUT2D eigenvalue weighted by Crippen LogP contribution is 2.21. The molecule has 1 amide bonds. The van der Waals surface area contributed by atoms with Gasteiger partial charge in [0, 0.05) is 37.9 Å². The molecule has 3 aromatic carbocycles. The molecule has 1 fully saturated rings. The fraction of sp³-hybridized carbons (Fsp3) is 0.367. The SMILES string of the molecule is COCc1cccc(C)c1.COc1ccccc1COCCCOc1ccc(N2CCNCC2=O)cc1. The van der Waals surface area contributed by atoms with Gasteiger partial charge in [0.1, 0.15) is 11.5 Å². The van der Waals surface area contributed by atoms with E-state index in [2.05, 4.69) is 30.4 Å². The van der Waals surface area contributed by atoms with E-state index < -0.39 is 0 Å². The van der Waals surface area contributed by atoms with Crippen molar-refractivity contribution in [3.63, 3.8) is 0 Å². The van der Waals surface area contributed by atoms with Gasteiger partial charge in [-0.05, 0) is 42.8 Å². The van der Waals surface area contributed by atoms with Crippen LogP contribution in [0.4, 0.5) is 5.69 Å². The first-order chi connectivity index (χ1) is 18.1. The highest BCUT2D eigenvalue weighted by molar-refractivity contribution is 5.95. The van der Waals surface area contributed by atoms with Crippen LogP contribution in [-0.4, -0.2) is 53.0 Å². The Morgan fingerprint density at radius 1 is 0.919 bits per heavy atom. The molecule has 1 N–H and O–H groups in total. The van der Waals surface area contributed by atoms with E-state index in [1.54, 1.807) is 19.1 Å². The second-order valence-corrected chi connectivity index (χ2v) is 8.70. The average molecular weight is 507 g/mol. The van der Waals surface area contributed by atoms with Crippen LogP contribution in [-0.2, 0) is 27.5 Å². The third-order valence-corrected chi connectivity index (χ3v) is 5.78. The molecule has 7 heteroatoms. The van der Waals surface area contributed by atoms with Crippen molar-refractivity contribution in [1.29, 1.82) is 0 Å². The minimum Gasteiger partial charge on any atom is -0.496 e. The van der Waals surface area contributed by atoms with Gasteiger partial charge in [-0.3, -0.25) is 4.79 Å². The van der Waals surface area contributed by atoms with Crippen LogP contribution in [0.2, 0.25) is 0 Å². The summed E-state index contributed by atoms with van der Waals surface area (Å²) >= 11 is 0. The van der Waals surface area contributed by atoms with Crippen LogP contribution < -0.4 is 19.7 Å². The molecule has 0 unspecified atom stereocenters. The second kappa shape index (κ2) is 15.7. The van der Waals surface area contributed by atoms with E-state index in [0.717, 1.165) is 35.7 Å². The molecule has 0 atom stereocenters. The molecule has 37 heavy (non-hydrogen) atoms. The Morgan fingerprint density at radius 2 is 1.73 bits per heavy atom. The number of nitrogens with one attached hydrogen (secondary N) is 1. The highest BCUT2D eigenvalue weighted by Gasteiger charge is 2.18. The van der Waals surface area contributed by atoms with Gasteiger partial charge in [-0.2, -0.15) is 0 Å². The van der Waals surface area contributed by atoms with Gasteiger partial charge in [-0.15, -0.1) is 0 Å². The summed E-state index contributed by atoms with van der Waals surface area (Å²) in [6, 6.07) is 23.8. The van der Waals surface area contributed by atoms with Crippen molar-refractivity contribution in [2.45, 2.75) is 26.6 Å². The summed E-state index contributed by atoms with van der Waals surface area (Å²) in [5.74, 6) is 1.74. The number of para-hydroxylation sites is 1. The van der Waals surface area contributed by atoms with Crippen LogP contribution in [0.15, 0.2) is 72.8 Å². The number of benzene rings is 3. The predicted molar refractivity (Wildman–Crippen MR) is 146 cm³/mol. The zero-order valence-electron chi connectivity index (χ0n) is 22.1. The summed E-state index contributed by atoms with van der Waals surface area (Å²) in [7, 11) is 3.37. The standard InChI is InChI=1S/C21H26N2O4.C9H12O/c1-25-20-6-3-2-5-17(20)16-26-13-4-14-27-19-9-7-18(8-10-19)23-12-11-22-15-21(23)24;1-8-4-3-5-9(6-8)7-10-2/h2-3,5-10,22H,4,11-16H2,1H3;3-6H,7H2,1-2H3. The van der Waals surface area contributed by atoms with Crippen molar-refractivity contribution < 1.29 is 23.7 Å². The largest absolute Gasteiger partial charge is 0.496 e. The van der Waals surface area contributed by atoms with Crippen molar-refractivity contribution >= 4 is 11.6 Å². The molecule has 1 saturated heterocycles. The van der Waals surface area contributed by atoms with Crippen molar-refractivity contribution in [2.75, 3.05) is 52.0 Å². The summed E-state index contributed by atoms with van der Waals surface area (Å²) < 4.78 is 21.7. The van der Waals surface area contributed by atoms with Gasteiger partial charge in [-0.25, -0.2) is 0 Å². The average Bonchev–Trinajstić information content (AvgIpc) is 2.92. The molecule has 0 aliphatic carbocycles. The lowest BCUT2D eigenvalue weighted by atomic mass is 10.1. The monoisotopic (exact) mass is 506 g/mol. The number of aryl methyl sites for hydroxylation is 1. The summed E-state index contributed by atoms with van der Waals surface area (Å²) in [6.45, 7) is 6.43. The Bertz CT molecular complexity index is 1090. The first kappa shape index (κ1) is 28.2. The molecule has 198 valence electrons. The second-order valence-electron chi connectivity index (χ2n) is 8.70. The van der Waals surface area contributed by atoms with Gasteiger partial charge in [-0.1, -0.05) is 48.0 Å². The third-order valence-electron chi connectivity index (χ3n) is 5.78. The van der Waals surface area contributed by atoms with E-state index in [-0.39, 0.29) is 5.91 Å².